The molecular formula is C8H10O2. The Morgan fingerprint density at radius 1 is 1.40 bits per heavy atom. The van der Waals surface area contributed by atoms with Crippen LogP contribution in [0.2, 0.25) is 0 Å². The van der Waals surface area contributed by atoms with E-state index in [0.717, 1.165) is 5.57 Å². The van der Waals surface area contributed by atoms with E-state index in [4.69, 9.17) is 10.2 Å². The molecule has 1 rings (SSSR count). The Bertz CT molecular complexity index is 175. The predicted molar refractivity (Wildman–Crippen MR) is 39.5 cm³/mol. The Morgan fingerprint density at radius 3 is 2.50 bits per heavy atom. The zero-order chi connectivity index (χ0) is 7.40. The summed E-state index contributed by atoms with van der Waals surface area (Å²) in [7, 11) is 0. The van der Waals surface area contributed by atoms with Gasteiger partial charge in [-0.05, 0) is 11.6 Å². The summed E-state index contributed by atoms with van der Waals surface area (Å²) in [6.45, 7) is -0.217. The second kappa shape index (κ2) is 3.34. The lowest BCUT2D eigenvalue weighted by molar-refractivity contribution is 0.131. The summed E-state index contributed by atoms with van der Waals surface area (Å²) >= 11 is 0. The molecule has 0 heterocycles. The minimum atomic E-state index is -0.734. The predicted octanol–water partition coefficient (Wildman–Crippen LogP) is 0.392. The maximum atomic E-state index is 8.92. The molecule has 2 N–H and O–H groups in total. The highest BCUT2D eigenvalue weighted by Gasteiger charge is 1.97. The average Bonchev–Trinajstić information content (AvgIpc) is 2.40. The Hall–Kier alpha value is -0.860. The van der Waals surface area contributed by atoms with Crippen molar-refractivity contribution in [3.05, 3.63) is 36.0 Å². The average molecular weight is 138 g/mol. The molecule has 0 amide bonds. The normalized spacial score (nSPS) is 18.0. The van der Waals surface area contributed by atoms with E-state index in [1.54, 1.807) is 6.08 Å². The third-order valence-corrected chi connectivity index (χ3v) is 1.26. The van der Waals surface area contributed by atoms with Gasteiger partial charge < -0.3 is 10.2 Å². The van der Waals surface area contributed by atoms with Crippen molar-refractivity contribution in [1.82, 2.24) is 0 Å². The van der Waals surface area contributed by atoms with Gasteiger partial charge in [0, 0.05) is 0 Å². The van der Waals surface area contributed by atoms with Crippen molar-refractivity contribution in [2.24, 2.45) is 0 Å². The Labute approximate surface area is 59.8 Å². The van der Waals surface area contributed by atoms with Crippen molar-refractivity contribution in [2.45, 2.75) is 6.10 Å². The minimum absolute atomic E-state index is 0.217. The molecule has 0 saturated carbocycles. The van der Waals surface area contributed by atoms with E-state index in [-0.39, 0.29) is 6.61 Å². The number of rotatable bonds is 2. The van der Waals surface area contributed by atoms with Crippen molar-refractivity contribution in [2.75, 3.05) is 6.61 Å². The number of allylic oxidation sites excluding steroid dienone is 5. The zero-order valence-corrected chi connectivity index (χ0v) is 5.57. The highest BCUT2D eigenvalue weighted by atomic mass is 16.3. The standard InChI is InChI=1S/C8H10O2/c9-6-8(10)5-7-3-1-2-4-7/h1-5,8-10H,6H2. The molecule has 1 unspecified atom stereocenters. The first-order chi connectivity index (χ1) is 4.83. The van der Waals surface area contributed by atoms with Crippen molar-refractivity contribution in [3.8, 4) is 0 Å². The van der Waals surface area contributed by atoms with Crippen molar-refractivity contribution in [3.63, 3.8) is 0 Å². The van der Waals surface area contributed by atoms with Crippen LogP contribution in [0.25, 0.3) is 0 Å². The van der Waals surface area contributed by atoms with E-state index in [2.05, 4.69) is 0 Å². The first kappa shape index (κ1) is 7.25. The Kier molecular flexibility index (Phi) is 2.42. The van der Waals surface area contributed by atoms with E-state index in [9.17, 15) is 0 Å². The quantitative estimate of drug-likeness (QED) is 0.579. The van der Waals surface area contributed by atoms with Gasteiger partial charge in [0.15, 0.2) is 0 Å². The second-order valence-corrected chi connectivity index (χ2v) is 2.13. The van der Waals surface area contributed by atoms with Crippen LogP contribution in [0.1, 0.15) is 0 Å². The Balaban J connectivity index is 2.54. The fourth-order valence-electron chi connectivity index (χ4n) is 0.775. The number of aliphatic hydroxyl groups is 2. The lowest BCUT2D eigenvalue weighted by Gasteiger charge is -1.98. The second-order valence-electron chi connectivity index (χ2n) is 2.13. The summed E-state index contributed by atoms with van der Waals surface area (Å²) in [5.41, 5.74) is 0.946. The SMILES string of the molecule is OCC(O)C=C1C=CC=C1. The van der Waals surface area contributed by atoms with Crippen molar-refractivity contribution < 1.29 is 10.2 Å². The van der Waals surface area contributed by atoms with E-state index >= 15 is 0 Å². The molecule has 1 aliphatic rings. The molecule has 1 aliphatic carbocycles. The number of hydrogen-bond acceptors (Lipinski definition) is 2. The van der Waals surface area contributed by atoms with Crippen LogP contribution in [0.15, 0.2) is 36.0 Å². The summed E-state index contributed by atoms with van der Waals surface area (Å²) in [5, 5.41) is 17.4. The third-order valence-electron chi connectivity index (χ3n) is 1.26. The van der Waals surface area contributed by atoms with Crippen LogP contribution in [0.4, 0.5) is 0 Å². The highest BCUT2D eigenvalue weighted by Crippen LogP contribution is 2.07. The third kappa shape index (κ3) is 1.83. The maximum absolute atomic E-state index is 8.92. The molecule has 0 fully saturated rings. The summed E-state index contributed by atoms with van der Waals surface area (Å²) in [4.78, 5) is 0. The van der Waals surface area contributed by atoms with E-state index in [1.165, 1.54) is 0 Å². The van der Waals surface area contributed by atoms with Gasteiger partial charge in [-0.2, -0.15) is 0 Å². The first-order valence-electron chi connectivity index (χ1n) is 3.18. The van der Waals surface area contributed by atoms with E-state index in [1.807, 2.05) is 24.3 Å². The van der Waals surface area contributed by atoms with Gasteiger partial charge in [0.05, 0.1) is 12.7 Å². The molecule has 0 aliphatic heterocycles. The molecule has 2 heteroatoms. The molecule has 0 radical (unpaired) electrons. The zero-order valence-electron chi connectivity index (χ0n) is 5.57. The topological polar surface area (TPSA) is 40.5 Å². The molecule has 0 aromatic rings. The lowest BCUT2D eigenvalue weighted by atomic mass is 10.2. The van der Waals surface area contributed by atoms with Crippen molar-refractivity contribution >= 4 is 0 Å². The van der Waals surface area contributed by atoms with Gasteiger partial charge in [-0.1, -0.05) is 24.3 Å². The first-order valence-corrected chi connectivity index (χ1v) is 3.18. The van der Waals surface area contributed by atoms with Gasteiger partial charge in [0.2, 0.25) is 0 Å². The summed E-state index contributed by atoms with van der Waals surface area (Å²) < 4.78 is 0. The van der Waals surface area contributed by atoms with Gasteiger partial charge >= 0.3 is 0 Å². The monoisotopic (exact) mass is 138 g/mol. The molecule has 0 saturated heterocycles. The van der Waals surface area contributed by atoms with Gasteiger partial charge in [-0.15, -0.1) is 0 Å². The number of aliphatic hydroxyl groups excluding tert-OH is 2. The molecule has 54 valence electrons. The van der Waals surface area contributed by atoms with Crippen LogP contribution in [0.3, 0.4) is 0 Å². The molecular weight excluding hydrogens is 128 g/mol. The molecule has 0 aromatic heterocycles. The molecule has 0 aromatic carbocycles. The molecule has 2 nitrogen and oxygen atoms in total. The van der Waals surface area contributed by atoms with Gasteiger partial charge in [0.1, 0.15) is 0 Å². The fraction of sp³-hybridized carbons (Fsp3) is 0.250. The summed E-state index contributed by atoms with van der Waals surface area (Å²) in [6.07, 6.45) is 8.39. The van der Waals surface area contributed by atoms with E-state index in [0.29, 0.717) is 0 Å². The molecule has 0 spiro atoms. The highest BCUT2D eigenvalue weighted by molar-refractivity contribution is 5.40. The largest absolute Gasteiger partial charge is 0.393 e. The summed E-state index contributed by atoms with van der Waals surface area (Å²) in [6, 6.07) is 0. The molecule has 1 atom stereocenters. The van der Waals surface area contributed by atoms with Gasteiger partial charge in [-0.25, -0.2) is 0 Å². The van der Waals surface area contributed by atoms with Gasteiger partial charge in [0.25, 0.3) is 0 Å². The van der Waals surface area contributed by atoms with Crippen molar-refractivity contribution in [1.29, 1.82) is 0 Å². The fourth-order valence-corrected chi connectivity index (χ4v) is 0.775. The summed E-state index contributed by atoms with van der Waals surface area (Å²) in [5.74, 6) is 0. The van der Waals surface area contributed by atoms with Crippen LogP contribution in [-0.2, 0) is 0 Å². The maximum Gasteiger partial charge on any atom is 0.0960 e. The van der Waals surface area contributed by atoms with Crippen LogP contribution < -0.4 is 0 Å². The van der Waals surface area contributed by atoms with Crippen LogP contribution in [-0.4, -0.2) is 22.9 Å². The number of hydrogen-bond donors (Lipinski definition) is 2. The van der Waals surface area contributed by atoms with E-state index < -0.39 is 6.10 Å². The van der Waals surface area contributed by atoms with Crippen LogP contribution >= 0.6 is 0 Å². The minimum Gasteiger partial charge on any atom is -0.393 e. The Morgan fingerprint density at radius 2 is 2.00 bits per heavy atom. The smallest absolute Gasteiger partial charge is 0.0960 e. The van der Waals surface area contributed by atoms with Gasteiger partial charge in [-0.3, -0.25) is 0 Å². The molecule has 0 bridgehead atoms. The van der Waals surface area contributed by atoms with Crippen LogP contribution in [0, 0.1) is 0 Å². The lowest BCUT2D eigenvalue weighted by Crippen LogP contribution is -2.07. The molecule has 10 heavy (non-hydrogen) atoms. The van der Waals surface area contributed by atoms with Crippen LogP contribution in [0.5, 0.6) is 0 Å².